The second-order valence-corrected chi connectivity index (χ2v) is 3.81. The third kappa shape index (κ3) is 1.72. The molecule has 0 bridgehead atoms. The largest absolute Gasteiger partial charge is 0.479 e. The Kier molecular flexibility index (Phi) is 2.44. The zero-order chi connectivity index (χ0) is 11.0. The minimum Gasteiger partial charge on any atom is -0.479 e. The lowest BCUT2D eigenvalue weighted by molar-refractivity contribution is 0.401. The smallest absolute Gasteiger partial charge is 0.259 e. The summed E-state index contributed by atoms with van der Waals surface area (Å²) < 4.78 is 5.61. The molecule has 15 heavy (non-hydrogen) atoms. The maximum Gasteiger partial charge on any atom is 0.259 e. The van der Waals surface area contributed by atoms with Gasteiger partial charge in [0.1, 0.15) is 15.9 Å². The van der Waals surface area contributed by atoms with E-state index in [-0.39, 0.29) is 5.56 Å². The number of methoxy groups -OCH3 is 1. The number of hydrogen-bond donors (Lipinski definition) is 1. The van der Waals surface area contributed by atoms with Crippen LogP contribution in [0.3, 0.4) is 0 Å². The average Bonchev–Trinajstić information content (AvgIpc) is 2.18. The molecule has 0 aliphatic heterocycles. The van der Waals surface area contributed by atoms with Gasteiger partial charge >= 0.3 is 0 Å². The molecular weight excluding hydrogens is 262 g/mol. The van der Waals surface area contributed by atoms with Crippen LogP contribution in [0.25, 0.3) is 10.9 Å². The van der Waals surface area contributed by atoms with Crippen LogP contribution in [0.5, 0.6) is 5.88 Å². The molecule has 0 saturated heterocycles. The van der Waals surface area contributed by atoms with Crippen molar-refractivity contribution in [3.63, 3.8) is 0 Å². The van der Waals surface area contributed by atoms with Gasteiger partial charge in [0, 0.05) is 0 Å². The second-order valence-electron chi connectivity index (χ2n) is 3.00. The maximum atomic E-state index is 11.6. The number of halogens is 1. The number of aromatic nitrogens is 3. The SMILES string of the molecule is COc1nc(Br)cc2c(=O)[nH]c(C)nc12. The first kappa shape index (κ1) is 10.1. The molecule has 2 aromatic rings. The van der Waals surface area contributed by atoms with Crippen molar-refractivity contribution < 1.29 is 4.74 Å². The van der Waals surface area contributed by atoms with Crippen molar-refractivity contribution in [3.05, 3.63) is 26.8 Å². The molecule has 0 unspecified atom stereocenters. The van der Waals surface area contributed by atoms with Crippen LogP contribution in [0.1, 0.15) is 5.82 Å². The minimum absolute atomic E-state index is 0.195. The standard InChI is InChI=1S/C9H8BrN3O2/c1-4-11-7-5(8(14)12-4)3-6(10)13-9(7)15-2/h3H,1-2H3,(H,11,12,14). The van der Waals surface area contributed by atoms with Gasteiger partial charge in [-0.1, -0.05) is 0 Å². The highest BCUT2D eigenvalue weighted by Crippen LogP contribution is 2.22. The Morgan fingerprint density at radius 2 is 2.20 bits per heavy atom. The summed E-state index contributed by atoms with van der Waals surface area (Å²) in [6.07, 6.45) is 0. The van der Waals surface area contributed by atoms with Crippen LogP contribution in [0, 0.1) is 6.92 Å². The van der Waals surface area contributed by atoms with Crippen LogP contribution in [0.2, 0.25) is 0 Å². The number of aromatic amines is 1. The summed E-state index contributed by atoms with van der Waals surface area (Å²) in [6.45, 7) is 1.71. The number of pyridine rings is 1. The van der Waals surface area contributed by atoms with Gasteiger partial charge in [0.15, 0.2) is 0 Å². The quantitative estimate of drug-likeness (QED) is 0.795. The van der Waals surface area contributed by atoms with Crippen molar-refractivity contribution in [3.8, 4) is 5.88 Å². The number of nitrogens with zero attached hydrogens (tertiary/aromatic N) is 2. The van der Waals surface area contributed by atoms with E-state index in [1.54, 1.807) is 13.0 Å². The Balaban J connectivity index is 2.96. The van der Waals surface area contributed by atoms with Crippen molar-refractivity contribution in [1.82, 2.24) is 15.0 Å². The average molecular weight is 270 g/mol. The Bertz CT molecular complexity index is 579. The summed E-state index contributed by atoms with van der Waals surface area (Å²) >= 11 is 3.21. The normalized spacial score (nSPS) is 10.6. The summed E-state index contributed by atoms with van der Waals surface area (Å²) in [6, 6.07) is 1.61. The van der Waals surface area contributed by atoms with E-state index in [2.05, 4.69) is 30.9 Å². The second kappa shape index (κ2) is 3.62. The van der Waals surface area contributed by atoms with Crippen molar-refractivity contribution >= 4 is 26.8 Å². The Labute approximate surface area is 93.6 Å². The van der Waals surface area contributed by atoms with E-state index in [1.165, 1.54) is 7.11 Å². The fourth-order valence-corrected chi connectivity index (χ4v) is 1.73. The van der Waals surface area contributed by atoms with Crippen molar-refractivity contribution in [2.45, 2.75) is 6.92 Å². The van der Waals surface area contributed by atoms with Gasteiger partial charge in [0.2, 0.25) is 5.88 Å². The van der Waals surface area contributed by atoms with E-state index >= 15 is 0 Å². The monoisotopic (exact) mass is 269 g/mol. The molecule has 2 rings (SSSR count). The molecule has 5 nitrogen and oxygen atoms in total. The van der Waals surface area contributed by atoms with Gasteiger partial charge in [0.05, 0.1) is 12.5 Å². The predicted octanol–water partition coefficient (Wildman–Crippen LogP) is 1.40. The molecule has 1 N–H and O–H groups in total. The highest BCUT2D eigenvalue weighted by atomic mass is 79.9. The summed E-state index contributed by atoms with van der Waals surface area (Å²) in [5.74, 6) is 0.878. The van der Waals surface area contributed by atoms with Crippen molar-refractivity contribution in [2.24, 2.45) is 0 Å². The predicted molar refractivity (Wildman–Crippen MR) is 59.1 cm³/mol. The molecule has 0 aliphatic carbocycles. The first-order chi connectivity index (χ1) is 7.11. The molecule has 0 spiro atoms. The van der Waals surface area contributed by atoms with Crippen molar-refractivity contribution in [2.75, 3.05) is 7.11 Å². The van der Waals surface area contributed by atoms with Gasteiger partial charge in [-0.3, -0.25) is 4.79 Å². The van der Waals surface area contributed by atoms with Gasteiger partial charge in [-0.15, -0.1) is 0 Å². The fraction of sp³-hybridized carbons (Fsp3) is 0.222. The van der Waals surface area contributed by atoms with Crippen LogP contribution in [-0.4, -0.2) is 22.1 Å². The summed E-state index contributed by atoms with van der Waals surface area (Å²) in [5.41, 5.74) is 0.279. The maximum absolute atomic E-state index is 11.6. The lowest BCUT2D eigenvalue weighted by Crippen LogP contribution is -2.10. The molecule has 0 aromatic carbocycles. The highest BCUT2D eigenvalue weighted by molar-refractivity contribution is 9.10. The minimum atomic E-state index is -0.195. The van der Waals surface area contributed by atoms with Gasteiger partial charge in [-0.2, -0.15) is 0 Å². The fourth-order valence-electron chi connectivity index (χ4n) is 1.34. The van der Waals surface area contributed by atoms with E-state index in [1.807, 2.05) is 0 Å². The molecule has 0 aliphatic rings. The molecule has 0 amide bonds. The van der Waals surface area contributed by atoms with Gasteiger partial charge < -0.3 is 9.72 Å². The lowest BCUT2D eigenvalue weighted by Gasteiger charge is -2.04. The van der Waals surface area contributed by atoms with Crippen LogP contribution < -0.4 is 10.3 Å². The van der Waals surface area contributed by atoms with E-state index in [0.717, 1.165) is 0 Å². The first-order valence-electron chi connectivity index (χ1n) is 4.23. The molecule has 2 aromatic heterocycles. The number of aryl methyl sites for hydroxylation is 1. The van der Waals surface area contributed by atoms with E-state index in [4.69, 9.17) is 4.74 Å². The number of nitrogens with one attached hydrogen (secondary N) is 1. The molecule has 0 atom stereocenters. The van der Waals surface area contributed by atoms with Crippen molar-refractivity contribution in [1.29, 1.82) is 0 Å². The zero-order valence-corrected chi connectivity index (χ0v) is 9.75. The first-order valence-corrected chi connectivity index (χ1v) is 5.02. The number of hydrogen-bond acceptors (Lipinski definition) is 4. The summed E-state index contributed by atoms with van der Waals surface area (Å²) in [5, 5.41) is 0.458. The van der Waals surface area contributed by atoms with E-state index < -0.39 is 0 Å². The molecule has 6 heteroatoms. The Hall–Kier alpha value is -1.43. The Morgan fingerprint density at radius 3 is 2.87 bits per heavy atom. The number of H-pyrrole nitrogens is 1. The van der Waals surface area contributed by atoms with Crippen LogP contribution in [0.15, 0.2) is 15.5 Å². The van der Waals surface area contributed by atoms with Gasteiger partial charge in [-0.05, 0) is 28.9 Å². The molecule has 78 valence electrons. The number of rotatable bonds is 1. The molecule has 0 fully saturated rings. The number of ether oxygens (including phenoxy) is 1. The summed E-state index contributed by atoms with van der Waals surface area (Å²) in [7, 11) is 1.49. The van der Waals surface area contributed by atoms with Crippen LogP contribution in [-0.2, 0) is 0 Å². The third-order valence-corrected chi connectivity index (χ3v) is 2.35. The lowest BCUT2D eigenvalue weighted by atomic mass is 10.3. The Morgan fingerprint density at radius 1 is 1.47 bits per heavy atom. The number of fused-ring (bicyclic) bond motifs is 1. The topological polar surface area (TPSA) is 67.9 Å². The van der Waals surface area contributed by atoms with Crippen LogP contribution in [0.4, 0.5) is 0 Å². The third-order valence-electron chi connectivity index (χ3n) is 1.94. The molecule has 0 saturated carbocycles. The zero-order valence-electron chi connectivity index (χ0n) is 8.17. The molecule has 0 radical (unpaired) electrons. The summed E-state index contributed by atoms with van der Waals surface area (Å²) in [4.78, 5) is 22.5. The van der Waals surface area contributed by atoms with E-state index in [0.29, 0.717) is 27.2 Å². The van der Waals surface area contributed by atoms with Gasteiger partial charge in [0.25, 0.3) is 5.56 Å². The van der Waals surface area contributed by atoms with E-state index in [9.17, 15) is 4.79 Å². The van der Waals surface area contributed by atoms with Gasteiger partial charge in [-0.25, -0.2) is 9.97 Å². The molecule has 2 heterocycles. The molecular formula is C9H8BrN3O2. The van der Waals surface area contributed by atoms with Crippen LogP contribution >= 0.6 is 15.9 Å². The highest BCUT2D eigenvalue weighted by Gasteiger charge is 2.10.